The minimum absolute atomic E-state index is 0.151. The van der Waals surface area contributed by atoms with Crippen molar-refractivity contribution in [3.63, 3.8) is 0 Å². The number of ketones is 1. The first-order valence-electron chi connectivity index (χ1n) is 5.89. The number of carbonyl (C=O) groups excluding carboxylic acids is 1. The Labute approximate surface area is 107 Å². The molecule has 92 valence electrons. The van der Waals surface area contributed by atoms with Crippen molar-refractivity contribution < 1.29 is 4.79 Å². The van der Waals surface area contributed by atoms with E-state index >= 15 is 0 Å². The molecule has 3 nitrogen and oxygen atoms in total. The van der Waals surface area contributed by atoms with Crippen LogP contribution in [0.15, 0.2) is 43.0 Å². The van der Waals surface area contributed by atoms with E-state index in [2.05, 4.69) is 9.97 Å². The summed E-state index contributed by atoms with van der Waals surface area (Å²) in [6, 6.07) is 7.57. The molecule has 0 fully saturated rings. The molecule has 1 aromatic carbocycles. The molecule has 0 aliphatic carbocycles. The van der Waals surface area contributed by atoms with Crippen LogP contribution in [0, 0.1) is 5.41 Å². The van der Waals surface area contributed by atoms with Crippen molar-refractivity contribution in [3.8, 4) is 11.1 Å². The topological polar surface area (TPSA) is 42.9 Å². The van der Waals surface area contributed by atoms with Gasteiger partial charge in [-0.15, -0.1) is 0 Å². The van der Waals surface area contributed by atoms with Gasteiger partial charge in [0.05, 0.1) is 0 Å². The van der Waals surface area contributed by atoms with Crippen LogP contribution in [0.2, 0.25) is 0 Å². The van der Waals surface area contributed by atoms with Gasteiger partial charge in [0.1, 0.15) is 6.33 Å². The summed E-state index contributed by atoms with van der Waals surface area (Å²) in [4.78, 5) is 20.0. The highest BCUT2D eigenvalue weighted by Gasteiger charge is 2.22. The minimum atomic E-state index is -0.350. The fourth-order valence-electron chi connectivity index (χ4n) is 1.70. The van der Waals surface area contributed by atoms with Crippen LogP contribution in [0.4, 0.5) is 0 Å². The summed E-state index contributed by atoms with van der Waals surface area (Å²) in [7, 11) is 0. The van der Waals surface area contributed by atoms with Crippen molar-refractivity contribution >= 4 is 5.78 Å². The molecule has 0 unspecified atom stereocenters. The van der Waals surface area contributed by atoms with Crippen LogP contribution in [-0.2, 0) is 0 Å². The van der Waals surface area contributed by atoms with Crippen molar-refractivity contribution in [3.05, 3.63) is 48.5 Å². The van der Waals surface area contributed by atoms with Crippen molar-refractivity contribution in [2.24, 2.45) is 5.41 Å². The second kappa shape index (κ2) is 4.69. The van der Waals surface area contributed by atoms with Gasteiger partial charge in [-0.2, -0.15) is 0 Å². The molecule has 0 amide bonds. The van der Waals surface area contributed by atoms with E-state index < -0.39 is 0 Å². The van der Waals surface area contributed by atoms with Crippen LogP contribution in [0.5, 0.6) is 0 Å². The van der Waals surface area contributed by atoms with Gasteiger partial charge in [0.25, 0.3) is 0 Å². The lowest BCUT2D eigenvalue weighted by Crippen LogP contribution is -2.19. The Kier molecular flexibility index (Phi) is 3.24. The third kappa shape index (κ3) is 2.62. The maximum atomic E-state index is 12.1. The molecular formula is C15H16N2O. The van der Waals surface area contributed by atoms with Crippen molar-refractivity contribution in [1.29, 1.82) is 0 Å². The standard InChI is InChI=1S/C15H16N2O/c1-15(2,3)14(18)12-6-4-11(5-7-12)13-8-16-10-17-9-13/h4-10H,1-3H3. The smallest absolute Gasteiger partial charge is 0.168 e. The summed E-state index contributed by atoms with van der Waals surface area (Å²) in [6.45, 7) is 5.77. The minimum Gasteiger partial charge on any atom is -0.294 e. The molecule has 2 aromatic rings. The Morgan fingerprint density at radius 1 is 0.944 bits per heavy atom. The molecule has 0 bridgehead atoms. The lowest BCUT2D eigenvalue weighted by atomic mass is 9.86. The SMILES string of the molecule is CC(C)(C)C(=O)c1ccc(-c2cncnc2)cc1. The average Bonchev–Trinajstić information content (AvgIpc) is 2.38. The highest BCUT2D eigenvalue weighted by Crippen LogP contribution is 2.23. The lowest BCUT2D eigenvalue weighted by Gasteiger charge is -2.16. The summed E-state index contributed by atoms with van der Waals surface area (Å²) in [5.74, 6) is 0.151. The predicted octanol–water partition coefficient (Wildman–Crippen LogP) is 3.37. The Balaban J connectivity index is 2.29. The van der Waals surface area contributed by atoms with E-state index in [1.807, 2.05) is 45.0 Å². The number of benzene rings is 1. The Bertz CT molecular complexity index is 539. The molecule has 0 aliphatic heterocycles. The summed E-state index contributed by atoms with van der Waals surface area (Å²) in [5, 5.41) is 0. The molecule has 0 radical (unpaired) electrons. The molecule has 1 heterocycles. The molecule has 3 heteroatoms. The van der Waals surface area contributed by atoms with Crippen LogP contribution < -0.4 is 0 Å². The highest BCUT2D eigenvalue weighted by molar-refractivity contribution is 6.00. The van der Waals surface area contributed by atoms with Gasteiger partial charge >= 0.3 is 0 Å². The molecule has 0 saturated heterocycles. The molecular weight excluding hydrogens is 224 g/mol. The number of carbonyl (C=O) groups is 1. The van der Waals surface area contributed by atoms with Crippen LogP contribution >= 0.6 is 0 Å². The normalized spacial score (nSPS) is 11.3. The van der Waals surface area contributed by atoms with E-state index in [-0.39, 0.29) is 11.2 Å². The van der Waals surface area contributed by atoms with Gasteiger partial charge in [0.15, 0.2) is 5.78 Å². The fourth-order valence-corrected chi connectivity index (χ4v) is 1.70. The molecule has 1 aromatic heterocycles. The van der Waals surface area contributed by atoms with Crippen molar-refractivity contribution in [2.45, 2.75) is 20.8 Å². The Morgan fingerprint density at radius 3 is 2.00 bits per heavy atom. The van der Waals surface area contributed by atoms with E-state index in [0.717, 1.165) is 16.7 Å². The highest BCUT2D eigenvalue weighted by atomic mass is 16.1. The second-order valence-corrected chi connectivity index (χ2v) is 5.28. The van der Waals surface area contributed by atoms with E-state index in [1.165, 1.54) is 6.33 Å². The zero-order chi connectivity index (χ0) is 13.2. The number of aromatic nitrogens is 2. The number of hydrogen-bond donors (Lipinski definition) is 0. The first-order valence-corrected chi connectivity index (χ1v) is 5.89. The zero-order valence-corrected chi connectivity index (χ0v) is 10.8. The monoisotopic (exact) mass is 240 g/mol. The van der Waals surface area contributed by atoms with Gasteiger partial charge < -0.3 is 0 Å². The number of Topliss-reactive ketones (excluding diaryl/α,β-unsaturated/α-hetero) is 1. The zero-order valence-electron chi connectivity index (χ0n) is 10.8. The largest absolute Gasteiger partial charge is 0.294 e. The third-order valence-electron chi connectivity index (χ3n) is 2.72. The molecule has 0 N–H and O–H groups in total. The fraction of sp³-hybridized carbons (Fsp3) is 0.267. The molecule has 0 atom stereocenters. The first-order chi connectivity index (χ1) is 8.48. The van der Waals surface area contributed by atoms with Gasteiger partial charge in [-0.25, -0.2) is 9.97 Å². The summed E-state index contributed by atoms with van der Waals surface area (Å²) in [5.41, 5.74) is 2.36. The summed E-state index contributed by atoms with van der Waals surface area (Å²) < 4.78 is 0. The number of hydrogen-bond acceptors (Lipinski definition) is 3. The van der Waals surface area contributed by atoms with E-state index in [4.69, 9.17) is 0 Å². The van der Waals surface area contributed by atoms with Gasteiger partial charge in [-0.05, 0) is 5.56 Å². The Hall–Kier alpha value is -2.03. The summed E-state index contributed by atoms with van der Waals surface area (Å²) in [6.07, 6.45) is 5.02. The van der Waals surface area contributed by atoms with Crippen LogP contribution in [0.3, 0.4) is 0 Å². The lowest BCUT2D eigenvalue weighted by molar-refractivity contribution is 0.0858. The maximum absolute atomic E-state index is 12.1. The number of nitrogens with zero attached hydrogens (tertiary/aromatic N) is 2. The predicted molar refractivity (Wildman–Crippen MR) is 71.3 cm³/mol. The van der Waals surface area contributed by atoms with Crippen molar-refractivity contribution in [1.82, 2.24) is 9.97 Å². The molecule has 18 heavy (non-hydrogen) atoms. The van der Waals surface area contributed by atoms with Crippen LogP contribution in [0.1, 0.15) is 31.1 Å². The number of rotatable bonds is 2. The molecule has 2 rings (SSSR count). The van der Waals surface area contributed by atoms with Crippen LogP contribution in [0.25, 0.3) is 11.1 Å². The van der Waals surface area contributed by atoms with E-state index in [0.29, 0.717) is 0 Å². The first kappa shape index (κ1) is 12.4. The Morgan fingerprint density at radius 2 is 1.50 bits per heavy atom. The second-order valence-electron chi connectivity index (χ2n) is 5.28. The molecule has 0 spiro atoms. The third-order valence-corrected chi connectivity index (χ3v) is 2.72. The van der Waals surface area contributed by atoms with Crippen LogP contribution in [-0.4, -0.2) is 15.8 Å². The average molecular weight is 240 g/mol. The molecule has 0 aliphatic rings. The van der Waals surface area contributed by atoms with Gasteiger partial charge in [0, 0.05) is 28.9 Å². The van der Waals surface area contributed by atoms with Gasteiger partial charge in [-0.3, -0.25) is 4.79 Å². The quantitative estimate of drug-likeness (QED) is 0.756. The molecule has 0 saturated carbocycles. The van der Waals surface area contributed by atoms with Gasteiger partial charge in [0.2, 0.25) is 0 Å². The van der Waals surface area contributed by atoms with E-state index in [1.54, 1.807) is 12.4 Å². The summed E-state index contributed by atoms with van der Waals surface area (Å²) >= 11 is 0. The van der Waals surface area contributed by atoms with E-state index in [9.17, 15) is 4.79 Å². The van der Waals surface area contributed by atoms with Crippen molar-refractivity contribution in [2.75, 3.05) is 0 Å². The van der Waals surface area contributed by atoms with Gasteiger partial charge in [-0.1, -0.05) is 45.0 Å². The maximum Gasteiger partial charge on any atom is 0.168 e.